The topological polar surface area (TPSA) is 114 Å². The van der Waals surface area contributed by atoms with Gasteiger partial charge < -0.3 is 19.6 Å². The normalized spacial score (nSPS) is 16.1. The summed E-state index contributed by atoms with van der Waals surface area (Å²) in [5.74, 6) is 0.287. The minimum Gasteiger partial charge on any atom is -0.373 e. The number of nitrogens with zero attached hydrogens (tertiary/aromatic N) is 6. The maximum absolute atomic E-state index is 15.7. The summed E-state index contributed by atoms with van der Waals surface area (Å²) in [6, 6.07) is 6.96. The summed E-state index contributed by atoms with van der Waals surface area (Å²) >= 11 is 3.29. The molecule has 2 unspecified atom stereocenters. The molecular formula is C33H35BrFN7O3. The summed E-state index contributed by atoms with van der Waals surface area (Å²) in [6.45, 7) is 9.38. The third-order valence-electron chi connectivity index (χ3n) is 8.09. The smallest absolute Gasteiger partial charge is 0.243 e. The van der Waals surface area contributed by atoms with Crippen molar-refractivity contribution in [3.05, 3.63) is 75.7 Å². The first kappa shape index (κ1) is 32.0. The SMILES string of the molecule is CC(=O)c1cn(CC(=O)N2CC(C)CC2C=O)c2c(C)c(F)c(-c3cnc4cc(C)nn4c3)cc12.CNc1nc(Br)ccc1C. The highest BCUT2D eigenvalue weighted by molar-refractivity contribution is 9.10. The Morgan fingerprint density at radius 3 is 2.60 bits per heavy atom. The Labute approximate surface area is 268 Å². The summed E-state index contributed by atoms with van der Waals surface area (Å²) in [4.78, 5) is 47.2. The first-order chi connectivity index (χ1) is 21.4. The molecule has 0 spiro atoms. The fourth-order valence-electron chi connectivity index (χ4n) is 5.89. The van der Waals surface area contributed by atoms with Crippen molar-refractivity contribution in [3.63, 3.8) is 0 Å². The van der Waals surface area contributed by atoms with Crippen molar-refractivity contribution >= 4 is 56.3 Å². The molecule has 12 heteroatoms. The van der Waals surface area contributed by atoms with E-state index in [1.54, 1.807) is 45.6 Å². The van der Waals surface area contributed by atoms with E-state index in [0.29, 0.717) is 51.8 Å². The van der Waals surface area contributed by atoms with Gasteiger partial charge in [-0.1, -0.05) is 13.0 Å². The van der Waals surface area contributed by atoms with Crippen LogP contribution in [0.5, 0.6) is 0 Å². The van der Waals surface area contributed by atoms with Crippen LogP contribution in [0, 0.1) is 32.5 Å². The van der Waals surface area contributed by atoms with Crippen molar-refractivity contribution in [3.8, 4) is 11.1 Å². The van der Waals surface area contributed by atoms with E-state index in [0.717, 1.165) is 28.0 Å². The highest BCUT2D eigenvalue weighted by Gasteiger charge is 2.33. The summed E-state index contributed by atoms with van der Waals surface area (Å²) in [5, 5.41) is 7.92. The molecule has 10 nitrogen and oxygen atoms in total. The van der Waals surface area contributed by atoms with E-state index in [4.69, 9.17) is 0 Å². The third-order valence-corrected chi connectivity index (χ3v) is 8.53. The van der Waals surface area contributed by atoms with E-state index >= 15 is 4.39 Å². The second-order valence-electron chi connectivity index (χ2n) is 11.6. The van der Waals surface area contributed by atoms with Crippen LogP contribution in [0.1, 0.15) is 47.4 Å². The Kier molecular flexibility index (Phi) is 9.15. The predicted molar refractivity (Wildman–Crippen MR) is 175 cm³/mol. The predicted octanol–water partition coefficient (Wildman–Crippen LogP) is 5.94. The van der Waals surface area contributed by atoms with E-state index in [1.165, 1.54) is 6.92 Å². The molecule has 1 amide bonds. The number of aryl methyl sites for hydroxylation is 3. The number of aromatic nitrogens is 5. The zero-order chi connectivity index (χ0) is 32.6. The lowest BCUT2D eigenvalue weighted by atomic mass is 9.99. The second-order valence-corrected chi connectivity index (χ2v) is 12.4. The van der Waals surface area contributed by atoms with Crippen LogP contribution in [-0.4, -0.2) is 66.7 Å². The van der Waals surface area contributed by atoms with Gasteiger partial charge in [0.05, 0.1) is 17.3 Å². The van der Waals surface area contributed by atoms with E-state index in [-0.39, 0.29) is 24.2 Å². The molecule has 1 N–H and O–H groups in total. The third kappa shape index (κ3) is 6.37. The standard InChI is InChI=1S/C26H26FN5O3.C7H9BrN2/c1-14-5-19(13-33)31(9-14)24(35)12-30-11-22(17(4)34)21-7-20(25(27)16(3)26(21)30)18-8-28-23-6-15(2)29-32(23)10-18;1-5-3-4-6(8)10-7(5)9-2/h6-8,10-11,13-14,19H,5,9,12H2,1-4H3;3-4H,1-2H3,(H,9,10). The molecule has 0 aliphatic carbocycles. The van der Waals surface area contributed by atoms with Crippen LogP contribution in [0.3, 0.4) is 0 Å². The zero-order valence-corrected chi connectivity index (χ0v) is 27.6. The number of likely N-dealkylation sites (tertiary alicyclic amines) is 1. The fourth-order valence-corrected chi connectivity index (χ4v) is 6.20. The molecule has 1 aliphatic rings. The first-order valence-electron chi connectivity index (χ1n) is 14.6. The van der Waals surface area contributed by atoms with Gasteiger partial charge in [0.15, 0.2) is 11.4 Å². The number of halogens is 2. The van der Waals surface area contributed by atoms with Gasteiger partial charge >= 0.3 is 0 Å². The van der Waals surface area contributed by atoms with Crippen LogP contribution in [0.15, 0.2) is 47.5 Å². The Bertz CT molecular complexity index is 1950. The van der Waals surface area contributed by atoms with Crippen LogP contribution in [-0.2, 0) is 16.1 Å². The molecule has 5 aromatic rings. The minimum atomic E-state index is -0.454. The number of carbonyl (C=O) groups excluding carboxylic acids is 3. The van der Waals surface area contributed by atoms with E-state index in [1.807, 2.05) is 46.0 Å². The second kappa shape index (κ2) is 12.9. The Morgan fingerprint density at radius 2 is 1.93 bits per heavy atom. The van der Waals surface area contributed by atoms with E-state index < -0.39 is 11.9 Å². The van der Waals surface area contributed by atoms with Crippen LogP contribution in [0.2, 0.25) is 0 Å². The molecule has 2 atom stereocenters. The van der Waals surface area contributed by atoms with Crippen LogP contribution >= 0.6 is 15.9 Å². The molecule has 5 heterocycles. The van der Waals surface area contributed by atoms with Gasteiger partial charge in [-0.05, 0) is 73.7 Å². The number of amides is 1. The molecule has 0 bridgehead atoms. The number of hydrogen-bond acceptors (Lipinski definition) is 7. The summed E-state index contributed by atoms with van der Waals surface area (Å²) < 4.78 is 19.8. The van der Waals surface area contributed by atoms with Gasteiger partial charge in [-0.3, -0.25) is 9.59 Å². The van der Waals surface area contributed by atoms with Crippen LogP contribution in [0.4, 0.5) is 10.2 Å². The summed E-state index contributed by atoms with van der Waals surface area (Å²) in [7, 11) is 1.86. The average molecular weight is 677 g/mol. The summed E-state index contributed by atoms with van der Waals surface area (Å²) in [6.07, 6.45) is 6.34. The van der Waals surface area contributed by atoms with Gasteiger partial charge in [0.1, 0.15) is 29.1 Å². The number of rotatable bonds is 6. The lowest BCUT2D eigenvalue weighted by Crippen LogP contribution is -2.38. The Morgan fingerprint density at radius 1 is 1.18 bits per heavy atom. The molecule has 4 aromatic heterocycles. The Balaban J connectivity index is 0.000000342. The summed E-state index contributed by atoms with van der Waals surface area (Å²) in [5.41, 5.74) is 4.67. The number of aldehydes is 1. The number of fused-ring (bicyclic) bond motifs is 2. The first-order valence-corrected chi connectivity index (χ1v) is 15.4. The molecule has 0 radical (unpaired) electrons. The van der Waals surface area contributed by atoms with Gasteiger partial charge in [0.2, 0.25) is 5.91 Å². The molecule has 1 aliphatic heterocycles. The number of pyridine rings is 1. The molecule has 1 aromatic carbocycles. The van der Waals surface area contributed by atoms with Crippen molar-refractivity contribution in [2.75, 3.05) is 18.9 Å². The van der Waals surface area contributed by atoms with Gasteiger partial charge in [-0.15, -0.1) is 0 Å². The van der Waals surface area contributed by atoms with Gasteiger partial charge in [0.25, 0.3) is 0 Å². The van der Waals surface area contributed by atoms with Crippen molar-refractivity contribution in [2.45, 2.75) is 53.6 Å². The molecule has 45 heavy (non-hydrogen) atoms. The number of anilines is 1. The van der Waals surface area contributed by atoms with E-state index in [9.17, 15) is 14.4 Å². The number of nitrogens with one attached hydrogen (secondary N) is 1. The van der Waals surface area contributed by atoms with Crippen molar-refractivity contribution in [2.24, 2.45) is 5.92 Å². The lowest BCUT2D eigenvalue weighted by molar-refractivity contribution is -0.135. The quantitative estimate of drug-likeness (QED) is 0.135. The van der Waals surface area contributed by atoms with E-state index in [2.05, 4.69) is 36.3 Å². The highest BCUT2D eigenvalue weighted by atomic mass is 79.9. The maximum Gasteiger partial charge on any atom is 0.243 e. The highest BCUT2D eigenvalue weighted by Crippen LogP contribution is 2.34. The van der Waals surface area contributed by atoms with Crippen LogP contribution < -0.4 is 5.32 Å². The lowest BCUT2D eigenvalue weighted by Gasteiger charge is -2.21. The molecule has 1 fully saturated rings. The number of ketones is 1. The van der Waals surface area contributed by atoms with Crippen molar-refractivity contribution in [1.29, 1.82) is 0 Å². The van der Waals surface area contributed by atoms with Crippen molar-refractivity contribution < 1.29 is 18.8 Å². The number of hydrogen-bond donors (Lipinski definition) is 1. The van der Waals surface area contributed by atoms with Gasteiger partial charge in [-0.25, -0.2) is 18.9 Å². The van der Waals surface area contributed by atoms with Crippen molar-refractivity contribution in [1.82, 2.24) is 29.0 Å². The number of carbonyl (C=O) groups is 3. The average Bonchev–Trinajstić information content (AvgIpc) is 3.69. The molecule has 1 saturated heterocycles. The number of benzene rings is 1. The molecular weight excluding hydrogens is 641 g/mol. The largest absolute Gasteiger partial charge is 0.373 e. The van der Waals surface area contributed by atoms with Gasteiger partial charge in [-0.2, -0.15) is 5.10 Å². The maximum atomic E-state index is 15.7. The Hall–Kier alpha value is -4.45. The number of Topliss-reactive ketones (excluding diaryl/α,β-unsaturated/α-hetero) is 1. The van der Waals surface area contributed by atoms with Gasteiger partial charge in [0, 0.05) is 65.9 Å². The van der Waals surface area contributed by atoms with Crippen LogP contribution in [0.25, 0.3) is 27.7 Å². The molecule has 0 saturated carbocycles. The molecule has 6 rings (SSSR count). The minimum absolute atomic E-state index is 0.0828. The monoisotopic (exact) mass is 675 g/mol. The molecule has 234 valence electrons. The zero-order valence-electron chi connectivity index (χ0n) is 26.1. The fraction of sp³-hybridized carbons (Fsp3) is 0.333.